The second kappa shape index (κ2) is 12.3. The van der Waals surface area contributed by atoms with Gasteiger partial charge in [0.2, 0.25) is 10.0 Å². The summed E-state index contributed by atoms with van der Waals surface area (Å²) >= 11 is 0. The number of rotatable bonds is 11. The first kappa shape index (κ1) is 33.7. The first-order valence-corrected chi connectivity index (χ1v) is 17.2. The highest BCUT2D eigenvalue weighted by Gasteiger charge is 2.51. The highest BCUT2D eigenvalue weighted by Crippen LogP contribution is 2.60. The Morgan fingerprint density at radius 3 is 1.30 bits per heavy atom. The fraction of sp³-hybridized carbons (Fsp3) is 0.143. The summed E-state index contributed by atoms with van der Waals surface area (Å²) in [6.45, 7) is -0.851. The molecule has 0 amide bonds. The Kier molecular flexibility index (Phi) is 9.42. The topological polar surface area (TPSA) is 152 Å². The third kappa shape index (κ3) is 7.03. The van der Waals surface area contributed by atoms with Gasteiger partial charge in [0.1, 0.15) is 0 Å². The maximum absolute atomic E-state index is 14.1. The Balaban J connectivity index is 1.69. The molecule has 0 unspecified atom stereocenters. The van der Waals surface area contributed by atoms with Crippen molar-refractivity contribution in [3.8, 4) is 11.1 Å². The molecule has 234 valence electrons. The summed E-state index contributed by atoms with van der Waals surface area (Å²) in [5.74, 6) is 0. The predicted molar refractivity (Wildman–Crippen MR) is 153 cm³/mol. The smallest absolute Gasteiger partial charge is 0.320 e. The van der Waals surface area contributed by atoms with Crippen molar-refractivity contribution in [1.29, 1.82) is 0 Å². The third-order valence-electron chi connectivity index (χ3n) is 6.65. The van der Waals surface area contributed by atoms with E-state index in [0.29, 0.717) is 0 Å². The van der Waals surface area contributed by atoms with Crippen molar-refractivity contribution < 1.29 is 54.7 Å². The van der Waals surface area contributed by atoms with Gasteiger partial charge in [-0.25, -0.2) is 8.42 Å². The van der Waals surface area contributed by atoms with Crippen LogP contribution in [-0.4, -0.2) is 32.3 Å². The molecule has 9 nitrogen and oxygen atoms in total. The lowest BCUT2D eigenvalue weighted by Gasteiger charge is -2.24. The first-order valence-electron chi connectivity index (χ1n) is 12.6. The Hall–Kier alpha value is -3.19. The van der Waals surface area contributed by atoms with Crippen LogP contribution in [0.1, 0.15) is 22.3 Å². The molecule has 0 heterocycles. The molecule has 0 aromatic heterocycles. The van der Waals surface area contributed by atoms with Gasteiger partial charge in [-0.05, 0) is 34.4 Å². The zero-order valence-corrected chi connectivity index (χ0v) is 25.0. The van der Waals surface area contributed by atoms with Gasteiger partial charge in [0.15, 0.2) is 0 Å². The van der Waals surface area contributed by atoms with Gasteiger partial charge in [-0.1, -0.05) is 91.0 Å². The number of nitrogens with zero attached hydrogens (tertiary/aromatic N) is 1. The standard InChI is InChI=1S/C28H25F4NO8P2S/c29-27(30,42(34,35)36)24-12-6-20(7-13-24)18-33(19-21-8-14-25(15-9-21)28(31,32)43(37,38)39)44(40,41)26-16-10-23(11-17-26)22-4-2-1-3-5-22/h1-17H,18-19H2,(H2,34,35,36)(H2,37,38,39). The van der Waals surface area contributed by atoms with E-state index < -0.39 is 60.8 Å². The van der Waals surface area contributed by atoms with Gasteiger partial charge in [-0.15, -0.1) is 0 Å². The molecule has 0 aliphatic rings. The third-order valence-corrected chi connectivity index (χ3v) is 10.4. The molecule has 0 aliphatic heterocycles. The van der Waals surface area contributed by atoms with Crippen molar-refractivity contribution >= 4 is 25.2 Å². The molecule has 0 radical (unpaired) electrons. The maximum Gasteiger partial charge on any atom is 0.399 e. The van der Waals surface area contributed by atoms with Crippen LogP contribution in [-0.2, 0) is 43.6 Å². The Morgan fingerprint density at radius 1 is 0.568 bits per heavy atom. The van der Waals surface area contributed by atoms with Gasteiger partial charge < -0.3 is 19.6 Å². The van der Waals surface area contributed by atoms with Crippen LogP contribution in [0.25, 0.3) is 11.1 Å². The molecular weight excluding hydrogens is 648 g/mol. The van der Waals surface area contributed by atoms with Crippen LogP contribution in [0.2, 0.25) is 0 Å². The zero-order valence-electron chi connectivity index (χ0n) is 22.4. The lowest BCUT2D eigenvalue weighted by atomic mass is 10.1. The van der Waals surface area contributed by atoms with E-state index in [0.717, 1.165) is 64.0 Å². The van der Waals surface area contributed by atoms with Crippen molar-refractivity contribution in [3.63, 3.8) is 0 Å². The largest absolute Gasteiger partial charge is 0.399 e. The minimum Gasteiger partial charge on any atom is -0.320 e. The van der Waals surface area contributed by atoms with Gasteiger partial charge in [0.25, 0.3) is 0 Å². The van der Waals surface area contributed by atoms with Crippen molar-refractivity contribution in [2.24, 2.45) is 0 Å². The van der Waals surface area contributed by atoms with E-state index in [-0.39, 0.29) is 16.0 Å². The summed E-state index contributed by atoms with van der Waals surface area (Å²) in [5.41, 5.74) is -9.06. The maximum atomic E-state index is 14.1. The summed E-state index contributed by atoms with van der Waals surface area (Å²) < 4.78 is 107. The summed E-state index contributed by atoms with van der Waals surface area (Å²) in [5, 5.41) is 0. The number of alkyl halides is 4. The summed E-state index contributed by atoms with van der Waals surface area (Å²) in [6, 6.07) is 22.3. The van der Waals surface area contributed by atoms with Crippen molar-refractivity contribution in [2.45, 2.75) is 29.3 Å². The van der Waals surface area contributed by atoms with Gasteiger partial charge >= 0.3 is 26.5 Å². The first-order chi connectivity index (χ1) is 20.3. The molecule has 0 atom stereocenters. The Morgan fingerprint density at radius 2 is 0.932 bits per heavy atom. The van der Waals surface area contributed by atoms with Gasteiger partial charge in [-0.2, -0.15) is 21.9 Å². The van der Waals surface area contributed by atoms with Crippen LogP contribution in [0.5, 0.6) is 0 Å². The van der Waals surface area contributed by atoms with Crippen LogP contribution in [0.4, 0.5) is 17.6 Å². The van der Waals surface area contributed by atoms with Crippen molar-refractivity contribution in [1.82, 2.24) is 4.31 Å². The Labute approximate surface area is 249 Å². The lowest BCUT2D eigenvalue weighted by Crippen LogP contribution is -2.30. The fourth-order valence-electron chi connectivity index (χ4n) is 4.19. The monoisotopic (exact) mass is 673 g/mol. The number of sulfonamides is 1. The molecule has 4 aromatic carbocycles. The molecule has 16 heteroatoms. The highest BCUT2D eigenvalue weighted by molar-refractivity contribution is 7.89. The summed E-state index contributed by atoms with van der Waals surface area (Å²) in [4.78, 5) is 35.9. The van der Waals surface area contributed by atoms with Gasteiger partial charge in [0.05, 0.1) is 4.90 Å². The van der Waals surface area contributed by atoms with Crippen molar-refractivity contribution in [2.75, 3.05) is 0 Å². The molecule has 0 saturated heterocycles. The van der Waals surface area contributed by atoms with Crippen LogP contribution >= 0.6 is 15.2 Å². The summed E-state index contributed by atoms with van der Waals surface area (Å²) in [7, 11) is -16.0. The van der Waals surface area contributed by atoms with Crippen LogP contribution in [0, 0.1) is 0 Å². The molecule has 0 aliphatic carbocycles. The minimum absolute atomic E-state index is 0.147. The lowest BCUT2D eigenvalue weighted by molar-refractivity contribution is 0.0564. The molecule has 0 spiro atoms. The van der Waals surface area contributed by atoms with E-state index in [4.69, 9.17) is 19.6 Å². The number of hydrogen-bond acceptors (Lipinski definition) is 4. The molecule has 0 bridgehead atoms. The molecule has 4 N–H and O–H groups in total. The average Bonchev–Trinajstić information content (AvgIpc) is 2.97. The van der Waals surface area contributed by atoms with Crippen LogP contribution in [0.3, 0.4) is 0 Å². The molecule has 0 fully saturated rings. The fourth-order valence-corrected chi connectivity index (χ4v) is 6.58. The highest BCUT2D eigenvalue weighted by atomic mass is 32.2. The molecule has 0 saturated carbocycles. The number of hydrogen-bond donors (Lipinski definition) is 4. The zero-order chi connectivity index (χ0) is 32.6. The number of halogens is 4. The quantitative estimate of drug-likeness (QED) is 0.109. The van der Waals surface area contributed by atoms with Gasteiger partial charge in [-0.3, -0.25) is 9.13 Å². The van der Waals surface area contributed by atoms with E-state index in [2.05, 4.69) is 0 Å². The molecule has 44 heavy (non-hydrogen) atoms. The molecular formula is C28H25F4NO8P2S. The van der Waals surface area contributed by atoms with E-state index in [1.165, 1.54) is 12.1 Å². The van der Waals surface area contributed by atoms with Crippen molar-refractivity contribution in [3.05, 3.63) is 125 Å². The van der Waals surface area contributed by atoms with Crippen LogP contribution < -0.4 is 0 Å². The second-order valence-corrected chi connectivity index (χ2v) is 15.0. The predicted octanol–water partition coefficient (Wildman–Crippen LogP) is 6.20. The van der Waals surface area contributed by atoms with E-state index in [1.807, 2.05) is 30.3 Å². The normalized spacial score (nSPS) is 13.3. The van der Waals surface area contributed by atoms with E-state index >= 15 is 0 Å². The number of benzene rings is 4. The van der Waals surface area contributed by atoms with Crippen LogP contribution in [0.15, 0.2) is 108 Å². The molecule has 4 aromatic rings. The Bertz CT molecular complexity index is 1730. The molecule has 4 rings (SSSR count). The van der Waals surface area contributed by atoms with E-state index in [9.17, 15) is 35.1 Å². The minimum atomic E-state index is -5.84. The summed E-state index contributed by atoms with van der Waals surface area (Å²) in [6.07, 6.45) is 0. The van der Waals surface area contributed by atoms with Gasteiger partial charge in [0, 0.05) is 24.2 Å². The second-order valence-electron chi connectivity index (χ2n) is 9.73. The van der Waals surface area contributed by atoms with E-state index in [1.54, 1.807) is 12.1 Å². The SMILES string of the molecule is O=P(O)(O)C(F)(F)c1ccc(CN(Cc2ccc(C(F)(F)P(=O)(O)O)cc2)S(=O)(=O)c2ccc(-c3ccccc3)cc2)cc1. The average molecular weight is 674 g/mol.